The molecule has 0 bridgehead atoms. The van der Waals surface area contributed by atoms with Crippen molar-refractivity contribution in [3.05, 3.63) is 71.8 Å². The third-order valence-electron chi connectivity index (χ3n) is 5.50. The highest BCUT2D eigenvalue weighted by molar-refractivity contribution is 5.92. The molecule has 0 saturated heterocycles. The van der Waals surface area contributed by atoms with E-state index in [1.165, 1.54) is 23.9 Å². The van der Waals surface area contributed by atoms with Crippen LogP contribution in [0.15, 0.2) is 55.1 Å². The summed E-state index contributed by atoms with van der Waals surface area (Å²) < 4.78 is 1.72. The molecule has 0 unspecified atom stereocenters. The van der Waals surface area contributed by atoms with E-state index in [0.717, 1.165) is 29.8 Å². The van der Waals surface area contributed by atoms with Gasteiger partial charge in [0.15, 0.2) is 0 Å². The summed E-state index contributed by atoms with van der Waals surface area (Å²) in [6.45, 7) is 2.44. The van der Waals surface area contributed by atoms with Crippen molar-refractivity contribution in [2.45, 2.75) is 32.2 Å². The van der Waals surface area contributed by atoms with Gasteiger partial charge in [-0.2, -0.15) is 5.10 Å². The minimum atomic E-state index is 0.00605. The van der Waals surface area contributed by atoms with Gasteiger partial charge in [-0.1, -0.05) is 18.2 Å². The fourth-order valence-electron chi connectivity index (χ4n) is 3.72. The number of carbonyl (C=O) groups is 1. The van der Waals surface area contributed by atoms with E-state index in [2.05, 4.69) is 46.6 Å². The van der Waals surface area contributed by atoms with E-state index >= 15 is 0 Å². The molecule has 0 spiro atoms. The third-order valence-corrected chi connectivity index (χ3v) is 5.50. The number of benzene rings is 2. The molecule has 0 saturated carbocycles. The molecular formula is C22H25N5O. The molecule has 4 rings (SSSR count). The molecule has 1 amide bonds. The number of amides is 1. The van der Waals surface area contributed by atoms with Gasteiger partial charge in [0.25, 0.3) is 0 Å². The molecule has 0 radical (unpaired) electrons. The van der Waals surface area contributed by atoms with Gasteiger partial charge in [-0.25, -0.2) is 9.67 Å². The average molecular weight is 375 g/mol. The maximum Gasteiger partial charge on any atom is 0.238 e. The van der Waals surface area contributed by atoms with Crippen LogP contribution in [-0.4, -0.2) is 39.2 Å². The molecule has 0 fully saturated rings. The van der Waals surface area contributed by atoms with Crippen LogP contribution < -0.4 is 5.32 Å². The zero-order chi connectivity index (χ0) is 19.5. The number of likely N-dealkylation sites (N-methyl/N-ethyl adjacent to an activating group) is 1. The van der Waals surface area contributed by atoms with Gasteiger partial charge in [0.2, 0.25) is 5.91 Å². The van der Waals surface area contributed by atoms with E-state index in [1.807, 2.05) is 30.1 Å². The molecule has 0 aliphatic heterocycles. The van der Waals surface area contributed by atoms with Gasteiger partial charge >= 0.3 is 0 Å². The molecule has 3 aromatic rings. The zero-order valence-corrected chi connectivity index (χ0v) is 16.3. The number of fused-ring (bicyclic) bond motifs is 1. The van der Waals surface area contributed by atoms with Crippen molar-refractivity contribution in [3.8, 4) is 5.69 Å². The molecule has 1 aromatic heterocycles. The van der Waals surface area contributed by atoms with E-state index in [1.54, 1.807) is 11.0 Å². The van der Waals surface area contributed by atoms with Crippen LogP contribution in [0.4, 0.5) is 5.69 Å². The number of nitrogens with zero attached hydrogens (tertiary/aromatic N) is 4. The largest absolute Gasteiger partial charge is 0.325 e. The second-order valence-electron chi connectivity index (χ2n) is 7.41. The van der Waals surface area contributed by atoms with Crippen LogP contribution in [0.2, 0.25) is 0 Å². The Hall–Kier alpha value is -2.99. The molecule has 6 nitrogen and oxygen atoms in total. The lowest BCUT2D eigenvalue weighted by molar-refractivity contribution is -0.117. The molecule has 1 aliphatic carbocycles. The normalized spacial score (nSPS) is 14.1. The van der Waals surface area contributed by atoms with Crippen LogP contribution >= 0.6 is 0 Å². The Morgan fingerprint density at radius 1 is 1.18 bits per heavy atom. The summed E-state index contributed by atoms with van der Waals surface area (Å²) in [5.74, 6) is 0.00605. The fourth-order valence-corrected chi connectivity index (χ4v) is 3.72. The van der Waals surface area contributed by atoms with Crippen molar-refractivity contribution in [3.63, 3.8) is 0 Å². The molecule has 2 aromatic carbocycles. The highest BCUT2D eigenvalue weighted by atomic mass is 16.2. The number of hydrogen-bond donors (Lipinski definition) is 1. The molecule has 1 N–H and O–H groups in total. The summed E-state index contributed by atoms with van der Waals surface area (Å²) in [7, 11) is 1.97. The lowest BCUT2D eigenvalue weighted by Crippen LogP contribution is -2.32. The first-order valence-corrected chi connectivity index (χ1v) is 9.67. The predicted molar refractivity (Wildman–Crippen MR) is 110 cm³/mol. The van der Waals surface area contributed by atoms with Crippen molar-refractivity contribution in [1.82, 2.24) is 19.7 Å². The minimum absolute atomic E-state index is 0.00605. The van der Waals surface area contributed by atoms with Crippen LogP contribution in [-0.2, 0) is 17.6 Å². The molecular weight excluding hydrogens is 350 g/mol. The number of aryl methyl sites for hydroxylation is 2. The van der Waals surface area contributed by atoms with Gasteiger partial charge in [-0.15, -0.1) is 0 Å². The van der Waals surface area contributed by atoms with E-state index in [9.17, 15) is 4.79 Å². The lowest BCUT2D eigenvalue weighted by Gasteiger charge is -2.24. The first-order chi connectivity index (χ1) is 13.6. The standard InChI is InChI=1S/C22H25N5O/c1-16(17-7-10-21(11-8-17)27-15-23-14-24-27)26(2)13-22(28)25-20-9-6-18-4-3-5-19(18)12-20/h6-12,14-16H,3-5,13H2,1-2H3,(H,25,28)/t16-/m0/s1. The SMILES string of the molecule is C[C@@H](c1ccc(-n2cncn2)cc1)N(C)CC(=O)Nc1ccc2c(c1)CCC2. The maximum atomic E-state index is 12.5. The van der Waals surface area contributed by atoms with Crippen LogP contribution in [0.5, 0.6) is 0 Å². The molecule has 28 heavy (non-hydrogen) atoms. The molecule has 144 valence electrons. The van der Waals surface area contributed by atoms with Crippen molar-refractivity contribution >= 4 is 11.6 Å². The summed E-state index contributed by atoms with van der Waals surface area (Å²) in [4.78, 5) is 18.5. The van der Waals surface area contributed by atoms with Crippen LogP contribution in [0.25, 0.3) is 5.69 Å². The second-order valence-corrected chi connectivity index (χ2v) is 7.41. The summed E-state index contributed by atoms with van der Waals surface area (Å²) in [5.41, 5.74) is 5.79. The molecule has 1 aliphatic rings. The number of hydrogen-bond acceptors (Lipinski definition) is 4. The monoisotopic (exact) mass is 375 g/mol. The van der Waals surface area contributed by atoms with Gasteiger partial charge in [0.1, 0.15) is 12.7 Å². The van der Waals surface area contributed by atoms with E-state index in [0.29, 0.717) is 6.54 Å². The molecule has 1 atom stereocenters. The highest BCUT2D eigenvalue weighted by Gasteiger charge is 2.16. The maximum absolute atomic E-state index is 12.5. The van der Waals surface area contributed by atoms with Gasteiger partial charge in [0.05, 0.1) is 12.2 Å². The second kappa shape index (κ2) is 7.94. The average Bonchev–Trinajstić information content (AvgIpc) is 3.39. The van der Waals surface area contributed by atoms with Crippen molar-refractivity contribution in [2.75, 3.05) is 18.9 Å². The van der Waals surface area contributed by atoms with Crippen LogP contribution in [0.3, 0.4) is 0 Å². The zero-order valence-electron chi connectivity index (χ0n) is 16.3. The smallest absolute Gasteiger partial charge is 0.238 e. The van der Waals surface area contributed by atoms with E-state index < -0.39 is 0 Å². The molecule has 6 heteroatoms. The number of nitrogens with one attached hydrogen (secondary N) is 1. The Balaban J connectivity index is 1.36. The van der Waals surface area contributed by atoms with Crippen molar-refractivity contribution < 1.29 is 4.79 Å². The van der Waals surface area contributed by atoms with E-state index in [-0.39, 0.29) is 11.9 Å². The Morgan fingerprint density at radius 2 is 1.96 bits per heavy atom. The van der Waals surface area contributed by atoms with Crippen molar-refractivity contribution in [1.29, 1.82) is 0 Å². The Morgan fingerprint density at radius 3 is 2.71 bits per heavy atom. The van der Waals surface area contributed by atoms with Gasteiger partial charge < -0.3 is 5.32 Å². The summed E-state index contributed by atoms with van der Waals surface area (Å²) >= 11 is 0. The summed E-state index contributed by atoms with van der Waals surface area (Å²) in [6.07, 6.45) is 6.67. The van der Waals surface area contributed by atoms with Crippen LogP contribution in [0.1, 0.15) is 36.1 Å². The minimum Gasteiger partial charge on any atom is -0.325 e. The van der Waals surface area contributed by atoms with Gasteiger partial charge in [0, 0.05) is 11.7 Å². The lowest BCUT2D eigenvalue weighted by atomic mass is 10.1. The first kappa shape index (κ1) is 18.4. The van der Waals surface area contributed by atoms with Gasteiger partial charge in [-0.3, -0.25) is 9.69 Å². The molecule has 1 heterocycles. The van der Waals surface area contributed by atoms with Crippen molar-refractivity contribution in [2.24, 2.45) is 0 Å². The Bertz CT molecular complexity index is 950. The quantitative estimate of drug-likeness (QED) is 0.717. The highest BCUT2D eigenvalue weighted by Crippen LogP contribution is 2.25. The Labute approximate surface area is 165 Å². The van der Waals surface area contributed by atoms with Gasteiger partial charge in [-0.05, 0) is 74.2 Å². The third kappa shape index (κ3) is 3.97. The number of carbonyl (C=O) groups excluding carboxylic acids is 1. The first-order valence-electron chi connectivity index (χ1n) is 9.67. The number of anilines is 1. The van der Waals surface area contributed by atoms with E-state index in [4.69, 9.17) is 0 Å². The summed E-state index contributed by atoms with van der Waals surface area (Å²) in [5, 5.41) is 7.18. The number of rotatable bonds is 6. The predicted octanol–water partition coefficient (Wildman–Crippen LogP) is 3.39. The van der Waals surface area contributed by atoms with Crippen LogP contribution in [0, 0.1) is 0 Å². The Kier molecular flexibility index (Phi) is 5.21. The summed E-state index contributed by atoms with van der Waals surface area (Å²) in [6, 6.07) is 14.5. The topological polar surface area (TPSA) is 63.1 Å². The fraction of sp³-hybridized carbons (Fsp3) is 0.318. The number of aromatic nitrogens is 3.